The molecular formula is C27H25N5Na4O16S5-2. The maximum Gasteiger partial charge on any atom is 1.00 e. The number of sulfone groups is 2. The van der Waals surface area contributed by atoms with Gasteiger partial charge in [-0.3, -0.25) is 14.5 Å². The summed E-state index contributed by atoms with van der Waals surface area (Å²) in [6.07, 6.45) is 4.18. The van der Waals surface area contributed by atoms with Gasteiger partial charge < -0.3 is 37.6 Å². The monoisotopic (exact) mass is 927 g/mol. The molecule has 0 saturated heterocycles. The standard InChI is InChI=1S/C27H24N5O8S3.4Na.2H2O4S/c1-4-41(34,35)18-8-6-17(7-9-18)29-31-24-15-11-20-21(27(24)33)12-14-23(28-3)26(20)32-30-22-13-10-19(42(36,37)5-2)16-25(22)43(38,39)40;;;;;2*1-5(2,3)4/h6-14,16,28-29H,1-2,4-5H2,3H3,(H,38,39,40);;;;;2*(H2,1,2,3,4)/q-3;4*+1;;/p-3/b31-24+,32-30?;;;;;;. The number of rotatable bonds is 10. The molecule has 3 aromatic carbocycles. The number of nitrogens with one attached hydrogen (secondary N) is 2. The Morgan fingerprint density at radius 1 is 0.719 bits per heavy atom. The van der Waals surface area contributed by atoms with Crippen LogP contribution in [0.4, 0.5) is 22.7 Å². The number of nitrogens with zero attached hydrogens (tertiary/aromatic N) is 3. The van der Waals surface area contributed by atoms with Crippen molar-refractivity contribution in [2.75, 3.05) is 29.3 Å². The molecule has 3 aromatic rings. The predicted octanol–water partition coefficient (Wildman–Crippen LogP) is -10.2. The average Bonchev–Trinajstić information content (AvgIpc) is 3.05. The van der Waals surface area contributed by atoms with E-state index >= 15 is 0 Å². The van der Waals surface area contributed by atoms with E-state index in [0.29, 0.717) is 17.4 Å². The summed E-state index contributed by atoms with van der Waals surface area (Å²) in [5, 5.41) is 15.0. The van der Waals surface area contributed by atoms with Crippen molar-refractivity contribution in [3.8, 4) is 0 Å². The van der Waals surface area contributed by atoms with Crippen LogP contribution in [0.5, 0.6) is 0 Å². The second kappa shape index (κ2) is 25.4. The zero-order valence-electron chi connectivity index (χ0n) is 30.6. The first-order valence-electron chi connectivity index (χ1n) is 13.6. The zero-order chi connectivity index (χ0) is 40.6. The van der Waals surface area contributed by atoms with Gasteiger partial charge in [-0.1, -0.05) is 28.7 Å². The fraction of sp³-hybridized carbons (Fsp3) is 0.111. The molecule has 30 heteroatoms. The number of ketones is 1. The van der Waals surface area contributed by atoms with Crippen molar-refractivity contribution in [2.24, 2.45) is 15.3 Å². The first kappa shape index (κ1) is 60.8. The zero-order valence-corrected chi connectivity index (χ0v) is 42.7. The predicted molar refractivity (Wildman–Crippen MR) is 184 cm³/mol. The van der Waals surface area contributed by atoms with Crippen molar-refractivity contribution in [3.05, 3.63) is 85.6 Å². The SMILES string of the molecule is O=S(=O)([O-])O.O=S(=O)([O-])O.[CH2-]CS(=O)(=O)c1ccc(N/N=C2\[C-]=Cc3c(ccc(NC)c3N=Nc3ccc(S(=O)(=O)C[CH2-])cc3S(=O)(=O)[O-])C2=O)cc1.[Na+].[Na+].[Na+].[Na+]. The topological polar surface area (TPSA) is 359 Å². The molecule has 0 aliphatic heterocycles. The van der Waals surface area contributed by atoms with Crippen LogP contribution in [0.3, 0.4) is 0 Å². The molecule has 0 amide bonds. The Morgan fingerprint density at radius 2 is 1.19 bits per heavy atom. The molecule has 1 aliphatic rings. The molecule has 4 rings (SSSR count). The van der Waals surface area contributed by atoms with Crippen LogP contribution in [0.25, 0.3) is 6.08 Å². The summed E-state index contributed by atoms with van der Waals surface area (Å²) in [6.45, 7) is 6.70. The number of anilines is 2. The van der Waals surface area contributed by atoms with E-state index < -0.39 is 77.6 Å². The summed E-state index contributed by atoms with van der Waals surface area (Å²) in [5.41, 5.74) is 3.53. The molecular weight excluding hydrogens is 903 g/mol. The number of benzene rings is 3. The second-order valence-corrected chi connectivity index (χ2v) is 16.9. The number of carbonyl (C=O) groups is 1. The molecule has 0 saturated carbocycles. The van der Waals surface area contributed by atoms with Gasteiger partial charge in [0.15, 0.2) is 19.7 Å². The second-order valence-electron chi connectivity index (χ2n) is 9.66. The van der Waals surface area contributed by atoms with Crippen molar-refractivity contribution >= 4 is 90.9 Å². The molecule has 0 bridgehead atoms. The van der Waals surface area contributed by atoms with Gasteiger partial charge in [0.25, 0.3) is 0 Å². The van der Waals surface area contributed by atoms with E-state index in [2.05, 4.69) is 46.0 Å². The Hall–Kier alpha value is -0.510. The number of Topliss-reactive ketones (excluding diaryl/α,β-unsaturated/α-hetero) is 1. The van der Waals surface area contributed by atoms with Crippen molar-refractivity contribution in [2.45, 2.75) is 14.7 Å². The first-order valence-corrected chi connectivity index (χ1v) is 21.0. The molecule has 290 valence electrons. The molecule has 1 aliphatic carbocycles. The van der Waals surface area contributed by atoms with E-state index in [0.717, 1.165) is 12.1 Å². The molecule has 0 spiro atoms. The summed E-state index contributed by atoms with van der Waals surface area (Å²) >= 11 is 0. The number of hydrogen-bond acceptors (Lipinski definition) is 19. The van der Waals surface area contributed by atoms with Crippen LogP contribution >= 0.6 is 0 Å². The third-order valence-electron chi connectivity index (χ3n) is 6.16. The van der Waals surface area contributed by atoms with E-state index in [1.807, 2.05) is 0 Å². The smallest absolute Gasteiger partial charge is 0.744 e. The largest absolute Gasteiger partial charge is 1.00 e. The number of carbonyl (C=O) groups excluding carboxylic acids is 1. The maximum absolute atomic E-state index is 13.2. The van der Waals surface area contributed by atoms with E-state index in [1.165, 1.54) is 42.5 Å². The van der Waals surface area contributed by atoms with Gasteiger partial charge in [-0.25, -0.2) is 42.1 Å². The normalized spacial score (nSPS) is 13.1. The number of azo groups is 1. The van der Waals surface area contributed by atoms with Crippen LogP contribution in [0.15, 0.2) is 84.6 Å². The number of fused-ring (bicyclic) bond motifs is 1. The Balaban J connectivity index is -0.00000186. The average molecular weight is 928 g/mol. The van der Waals surface area contributed by atoms with Crippen molar-refractivity contribution in [1.82, 2.24) is 0 Å². The van der Waals surface area contributed by atoms with Crippen LogP contribution in [0.2, 0.25) is 0 Å². The van der Waals surface area contributed by atoms with Crippen LogP contribution in [-0.2, 0) is 50.6 Å². The molecule has 0 fully saturated rings. The number of hydrazone groups is 1. The summed E-state index contributed by atoms with van der Waals surface area (Å²) in [4.78, 5) is 12.0. The van der Waals surface area contributed by atoms with Gasteiger partial charge in [-0.2, -0.15) is 27.5 Å². The molecule has 4 N–H and O–H groups in total. The molecule has 57 heavy (non-hydrogen) atoms. The maximum atomic E-state index is 13.2. The fourth-order valence-corrected chi connectivity index (χ4v) is 6.15. The first-order chi connectivity index (χ1) is 24.2. The van der Waals surface area contributed by atoms with E-state index in [-0.39, 0.29) is 151 Å². The Morgan fingerprint density at radius 3 is 1.65 bits per heavy atom. The van der Waals surface area contributed by atoms with Crippen LogP contribution in [0, 0.1) is 19.9 Å². The molecule has 0 unspecified atom stereocenters. The van der Waals surface area contributed by atoms with Gasteiger partial charge in [0.2, 0.25) is 20.8 Å². The quantitative estimate of drug-likeness (QED) is 0.0366. The summed E-state index contributed by atoms with van der Waals surface area (Å²) < 4.78 is 150. The van der Waals surface area contributed by atoms with E-state index in [4.69, 9.17) is 35.0 Å². The number of allylic oxidation sites excluding steroid dienone is 1. The molecule has 0 heterocycles. The third-order valence-corrected chi connectivity index (χ3v) is 10.1. The Kier molecular flexibility index (Phi) is 27.1. The van der Waals surface area contributed by atoms with Gasteiger partial charge in [-0.15, -0.1) is 0 Å². The van der Waals surface area contributed by atoms with Gasteiger partial charge in [0, 0.05) is 18.4 Å². The van der Waals surface area contributed by atoms with Gasteiger partial charge in [0.1, 0.15) is 15.8 Å². The molecule has 0 radical (unpaired) electrons. The molecule has 21 nitrogen and oxygen atoms in total. The molecule has 0 aromatic heterocycles. The van der Waals surface area contributed by atoms with Gasteiger partial charge in [-0.05, 0) is 48.5 Å². The van der Waals surface area contributed by atoms with Crippen molar-refractivity contribution in [1.29, 1.82) is 0 Å². The molecule has 0 atom stereocenters. The van der Waals surface area contributed by atoms with Crippen LogP contribution in [-0.4, -0.2) is 94.9 Å². The Bertz CT molecular complexity index is 2490. The minimum absolute atomic E-state index is 0. The number of hydrogen-bond donors (Lipinski definition) is 4. The van der Waals surface area contributed by atoms with Gasteiger partial charge in [0.05, 0.1) is 31.8 Å². The van der Waals surface area contributed by atoms with Crippen molar-refractivity contribution in [3.63, 3.8) is 0 Å². The summed E-state index contributed by atoms with van der Waals surface area (Å²) in [6, 6.07) is 11.6. The summed E-state index contributed by atoms with van der Waals surface area (Å²) in [5.74, 6) is -1.39. The van der Waals surface area contributed by atoms with Crippen molar-refractivity contribution < 1.29 is 188 Å². The minimum atomic E-state index is -5.15. The minimum Gasteiger partial charge on any atom is -0.744 e. The van der Waals surface area contributed by atoms with E-state index in [9.17, 15) is 34.6 Å². The fourth-order valence-electron chi connectivity index (χ4n) is 3.85. The van der Waals surface area contributed by atoms with Crippen LogP contribution < -0.4 is 129 Å². The van der Waals surface area contributed by atoms with Gasteiger partial charge >= 0.3 is 118 Å². The van der Waals surface area contributed by atoms with Crippen LogP contribution in [0.1, 0.15) is 15.9 Å². The Labute approximate surface area is 418 Å². The third kappa shape index (κ3) is 20.3. The summed E-state index contributed by atoms with van der Waals surface area (Å²) in [7, 11) is -20.8. The van der Waals surface area contributed by atoms with E-state index in [1.54, 1.807) is 7.05 Å².